The van der Waals surface area contributed by atoms with Gasteiger partial charge >= 0.3 is 5.69 Å². The van der Waals surface area contributed by atoms with E-state index in [1.165, 1.54) is 18.2 Å². The van der Waals surface area contributed by atoms with Crippen LogP contribution in [-0.2, 0) is 0 Å². The molecule has 0 unspecified atom stereocenters. The maximum absolute atomic E-state index is 10.8. The van der Waals surface area contributed by atoms with E-state index in [9.17, 15) is 14.9 Å². The lowest BCUT2D eigenvalue weighted by Crippen LogP contribution is -2.15. The van der Waals surface area contributed by atoms with E-state index in [4.69, 9.17) is 4.74 Å². The first kappa shape index (κ1) is 14.1. The number of ether oxygens (including phenoxy) is 1. The summed E-state index contributed by atoms with van der Waals surface area (Å²) < 4.78 is 5.36. The summed E-state index contributed by atoms with van der Waals surface area (Å²) in [4.78, 5) is 22.9. The number of rotatable bonds is 7. The number of benzene rings is 1. The number of carbonyl (C=O) groups excluding carboxylic acids is 1. The highest BCUT2D eigenvalue weighted by Gasteiger charge is 2.15. The zero-order valence-electron chi connectivity index (χ0n) is 10.5. The first-order valence-electron chi connectivity index (χ1n) is 5.55. The smallest absolute Gasteiger partial charge is 0.311 e. The predicted molar refractivity (Wildman–Crippen MR) is 67.1 cm³/mol. The highest BCUT2D eigenvalue weighted by atomic mass is 16.6. The van der Waals surface area contributed by atoms with Crippen LogP contribution in [0.2, 0.25) is 0 Å². The summed E-state index contributed by atoms with van der Waals surface area (Å²) in [6.45, 7) is 1.25. The van der Waals surface area contributed by atoms with Crippen molar-refractivity contribution in [3.8, 4) is 5.75 Å². The average molecular weight is 252 g/mol. The van der Waals surface area contributed by atoms with Gasteiger partial charge in [0.05, 0.1) is 11.5 Å². The van der Waals surface area contributed by atoms with Crippen molar-refractivity contribution in [1.29, 1.82) is 0 Å². The topological polar surface area (TPSA) is 72.7 Å². The van der Waals surface area contributed by atoms with Crippen LogP contribution in [-0.4, -0.2) is 43.4 Å². The SMILES string of the molecule is CN(C)CCCOc1ccc(C=O)cc1[N+](=O)[O-]. The van der Waals surface area contributed by atoms with Gasteiger partial charge in [0.2, 0.25) is 0 Å². The van der Waals surface area contributed by atoms with Gasteiger partial charge in [-0.2, -0.15) is 0 Å². The molecule has 18 heavy (non-hydrogen) atoms. The summed E-state index contributed by atoms with van der Waals surface area (Å²) >= 11 is 0. The van der Waals surface area contributed by atoms with Crippen LogP contribution in [0.5, 0.6) is 5.75 Å². The summed E-state index contributed by atoms with van der Waals surface area (Å²) in [6, 6.07) is 4.17. The van der Waals surface area contributed by atoms with Crippen LogP contribution in [0.25, 0.3) is 0 Å². The van der Waals surface area contributed by atoms with E-state index < -0.39 is 4.92 Å². The normalized spacial score (nSPS) is 10.4. The minimum absolute atomic E-state index is 0.176. The summed E-state index contributed by atoms with van der Waals surface area (Å²) in [7, 11) is 3.89. The third kappa shape index (κ3) is 4.14. The van der Waals surface area contributed by atoms with Crippen LogP contribution in [0.3, 0.4) is 0 Å². The van der Waals surface area contributed by atoms with E-state index in [2.05, 4.69) is 0 Å². The van der Waals surface area contributed by atoms with Crippen molar-refractivity contribution in [3.63, 3.8) is 0 Å². The zero-order valence-corrected chi connectivity index (χ0v) is 10.5. The van der Waals surface area contributed by atoms with Gasteiger partial charge < -0.3 is 9.64 Å². The monoisotopic (exact) mass is 252 g/mol. The third-order valence-corrected chi connectivity index (χ3v) is 2.32. The van der Waals surface area contributed by atoms with Crippen molar-refractivity contribution >= 4 is 12.0 Å². The second-order valence-electron chi connectivity index (χ2n) is 4.11. The molecule has 0 amide bonds. The van der Waals surface area contributed by atoms with Crippen molar-refractivity contribution in [1.82, 2.24) is 4.90 Å². The summed E-state index contributed by atoms with van der Waals surface area (Å²) in [5.41, 5.74) is 0.0896. The van der Waals surface area contributed by atoms with E-state index in [-0.39, 0.29) is 17.0 Å². The van der Waals surface area contributed by atoms with Crippen LogP contribution >= 0.6 is 0 Å². The molecule has 0 spiro atoms. The molecule has 6 nitrogen and oxygen atoms in total. The van der Waals surface area contributed by atoms with Gasteiger partial charge in [-0.1, -0.05) is 0 Å². The first-order chi connectivity index (χ1) is 8.54. The molecule has 0 atom stereocenters. The molecule has 0 saturated heterocycles. The van der Waals surface area contributed by atoms with Gasteiger partial charge in [0.25, 0.3) is 0 Å². The molecular formula is C12H16N2O4. The fourth-order valence-corrected chi connectivity index (χ4v) is 1.44. The van der Waals surface area contributed by atoms with Gasteiger partial charge in [-0.05, 0) is 32.6 Å². The Bertz CT molecular complexity index is 432. The Morgan fingerprint density at radius 3 is 2.72 bits per heavy atom. The Morgan fingerprint density at radius 2 is 2.17 bits per heavy atom. The number of nitro benzene ring substituents is 1. The van der Waals surface area contributed by atoms with Gasteiger partial charge in [0.15, 0.2) is 5.75 Å². The van der Waals surface area contributed by atoms with Crippen molar-refractivity contribution in [3.05, 3.63) is 33.9 Å². The minimum Gasteiger partial charge on any atom is -0.487 e. The molecule has 0 aliphatic heterocycles. The molecule has 1 aromatic rings. The fraction of sp³-hybridized carbons (Fsp3) is 0.417. The minimum atomic E-state index is -0.547. The maximum atomic E-state index is 10.8. The number of hydrogen-bond donors (Lipinski definition) is 0. The van der Waals surface area contributed by atoms with E-state index in [0.717, 1.165) is 13.0 Å². The quantitative estimate of drug-likeness (QED) is 0.320. The number of nitrogens with zero attached hydrogens (tertiary/aromatic N) is 2. The molecule has 0 saturated carbocycles. The summed E-state index contributed by atoms with van der Waals surface area (Å²) in [6.07, 6.45) is 1.35. The lowest BCUT2D eigenvalue weighted by atomic mass is 10.2. The Hall–Kier alpha value is -1.95. The summed E-state index contributed by atoms with van der Waals surface area (Å²) in [5, 5.41) is 10.8. The molecule has 0 N–H and O–H groups in total. The molecule has 0 heterocycles. The Labute approximate surface area is 105 Å². The molecule has 0 aromatic heterocycles. The van der Waals surface area contributed by atoms with Crippen LogP contribution in [0.15, 0.2) is 18.2 Å². The van der Waals surface area contributed by atoms with Crippen molar-refractivity contribution in [2.45, 2.75) is 6.42 Å². The van der Waals surface area contributed by atoms with Crippen molar-refractivity contribution in [2.75, 3.05) is 27.2 Å². The average Bonchev–Trinajstić information content (AvgIpc) is 2.34. The number of carbonyl (C=O) groups is 1. The molecule has 0 aliphatic rings. The Morgan fingerprint density at radius 1 is 1.44 bits per heavy atom. The maximum Gasteiger partial charge on any atom is 0.311 e. The lowest BCUT2D eigenvalue weighted by Gasteiger charge is -2.10. The van der Waals surface area contributed by atoms with E-state index >= 15 is 0 Å². The lowest BCUT2D eigenvalue weighted by molar-refractivity contribution is -0.385. The molecule has 1 aromatic carbocycles. The van der Waals surface area contributed by atoms with Gasteiger partial charge in [0, 0.05) is 18.2 Å². The number of aldehydes is 1. The molecule has 0 aliphatic carbocycles. The van der Waals surface area contributed by atoms with E-state index in [1.807, 2.05) is 19.0 Å². The molecule has 0 bridgehead atoms. The second kappa shape index (κ2) is 6.70. The van der Waals surface area contributed by atoms with Crippen LogP contribution in [0.1, 0.15) is 16.8 Å². The molecule has 98 valence electrons. The molecular weight excluding hydrogens is 236 g/mol. The first-order valence-corrected chi connectivity index (χ1v) is 5.55. The van der Waals surface area contributed by atoms with Crippen molar-refractivity contribution < 1.29 is 14.5 Å². The predicted octanol–water partition coefficient (Wildman–Crippen LogP) is 1.74. The standard InChI is InChI=1S/C12H16N2O4/c1-13(2)6-3-7-18-12-5-4-10(9-15)8-11(12)14(16)17/h4-5,8-9H,3,6-7H2,1-2H3. The van der Waals surface area contributed by atoms with E-state index in [1.54, 1.807) is 0 Å². The zero-order chi connectivity index (χ0) is 13.5. The Kier molecular flexibility index (Phi) is 5.26. The highest BCUT2D eigenvalue weighted by Crippen LogP contribution is 2.27. The molecule has 0 fully saturated rings. The van der Waals surface area contributed by atoms with Crippen LogP contribution in [0, 0.1) is 10.1 Å². The van der Waals surface area contributed by atoms with Gasteiger partial charge in [-0.3, -0.25) is 14.9 Å². The third-order valence-electron chi connectivity index (χ3n) is 2.32. The number of nitro groups is 1. The van der Waals surface area contributed by atoms with Crippen LogP contribution < -0.4 is 4.74 Å². The van der Waals surface area contributed by atoms with Gasteiger partial charge in [-0.15, -0.1) is 0 Å². The Balaban J connectivity index is 2.69. The fourth-order valence-electron chi connectivity index (χ4n) is 1.44. The largest absolute Gasteiger partial charge is 0.487 e. The van der Waals surface area contributed by atoms with Crippen LogP contribution in [0.4, 0.5) is 5.69 Å². The molecule has 6 heteroatoms. The number of hydrogen-bond acceptors (Lipinski definition) is 5. The molecule has 0 radical (unpaired) electrons. The second-order valence-corrected chi connectivity index (χ2v) is 4.11. The van der Waals surface area contributed by atoms with Gasteiger partial charge in [-0.25, -0.2) is 0 Å². The van der Waals surface area contributed by atoms with Gasteiger partial charge in [0.1, 0.15) is 6.29 Å². The summed E-state index contributed by atoms with van der Waals surface area (Å²) in [5.74, 6) is 0.198. The highest BCUT2D eigenvalue weighted by molar-refractivity contribution is 5.77. The van der Waals surface area contributed by atoms with E-state index in [0.29, 0.717) is 12.9 Å². The molecule has 1 rings (SSSR count). The van der Waals surface area contributed by atoms with Crippen molar-refractivity contribution in [2.24, 2.45) is 0 Å².